The third-order valence-electron chi connectivity index (χ3n) is 2.42. The summed E-state index contributed by atoms with van der Waals surface area (Å²) in [7, 11) is 0. The summed E-state index contributed by atoms with van der Waals surface area (Å²) in [6.45, 7) is 11.8. The summed E-state index contributed by atoms with van der Waals surface area (Å²) in [5, 5.41) is 10.5. The molecule has 2 rings (SSSR count). The molecule has 108 valence electrons. The summed E-state index contributed by atoms with van der Waals surface area (Å²) in [6, 6.07) is 4.36. The van der Waals surface area contributed by atoms with Gasteiger partial charge in [-0.3, -0.25) is 10.1 Å². The lowest BCUT2D eigenvalue weighted by Crippen LogP contribution is -2.34. The molecule has 2 atom stereocenters. The van der Waals surface area contributed by atoms with E-state index in [4.69, 9.17) is 9.47 Å². The van der Waals surface area contributed by atoms with Crippen LogP contribution in [0.1, 0.15) is 41.5 Å². The lowest BCUT2D eigenvalue weighted by atomic mass is 10.2. The van der Waals surface area contributed by atoms with Crippen molar-refractivity contribution in [3.63, 3.8) is 0 Å². The lowest BCUT2D eigenvalue weighted by Gasteiger charge is -2.29. The average molecular weight is 269 g/mol. The Morgan fingerprint density at radius 1 is 1.00 bits per heavy atom. The van der Waals surface area contributed by atoms with Crippen LogP contribution in [0, 0.1) is 10.1 Å². The van der Waals surface area contributed by atoms with E-state index in [0.717, 1.165) is 0 Å². The van der Waals surface area contributed by atoms with Crippen LogP contribution in [0.5, 0.6) is 11.5 Å². The number of fused-ring (bicyclic) bond motifs is 1. The van der Waals surface area contributed by atoms with E-state index < -0.39 is 4.92 Å². The SMILES string of the molecule is CC.CC.CC1Oc2ccc([N+](=O)[O-])cc2OC1C. The number of hydrogen-bond acceptors (Lipinski definition) is 4. The zero-order valence-electron chi connectivity index (χ0n) is 12.5. The minimum absolute atomic E-state index is 0.0131. The Bertz CT molecular complexity index is 406. The fourth-order valence-corrected chi connectivity index (χ4v) is 1.39. The highest BCUT2D eigenvalue weighted by Gasteiger charge is 2.25. The van der Waals surface area contributed by atoms with E-state index in [0.29, 0.717) is 11.5 Å². The van der Waals surface area contributed by atoms with Crippen LogP contribution in [-0.2, 0) is 0 Å². The summed E-state index contributed by atoms with van der Waals surface area (Å²) in [5.74, 6) is 1.00. The Morgan fingerprint density at radius 3 is 1.95 bits per heavy atom. The van der Waals surface area contributed by atoms with Gasteiger partial charge in [-0.1, -0.05) is 27.7 Å². The van der Waals surface area contributed by atoms with Gasteiger partial charge in [-0.2, -0.15) is 0 Å². The molecule has 0 fully saturated rings. The Hall–Kier alpha value is -1.78. The third kappa shape index (κ3) is 4.43. The Balaban J connectivity index is 0.000000741. The van der Waals surface area contributed by atoms with Gasteiger partial charge in [0, 0.05) is 6.07 Å². The minimum atomic E-state index is -0.452. The molecule has 5 heteroatoms. The maximum absolute atomic E-state index is 10.5. The molecule has 0 aromatic heterocycles. The second-order valence-corrected chi connectivity index (χ2v) is 3.53. The largest absolute Gasteiger partial charge is 0.483 e. The molecule has 1 heterocycles. The van der Waals surface area contributed by atoms with E-state index in [1.807, 2.05) is 41.5 Å². The van der Waals surface area contributed by atoms with Crippen molar-refractivity contribution < 1.29 is 14.4 Å². The predicted molar refractivity (Wildman–Crippen MR) is 76.0 cm³/mol. The minimum Gasteiger partial charge on any atom is -0.483 e. The lowest BCUT2D eigenvalue weighted by molar-refractivity contribution is -0.385. The number of ether oxygens (including phenoxy) is 2. The van der Waals surface area contributed by atoms with Crippen LogP contribution in [0.2, 0.25) is 0 Å². The second-order valence-electron chi connectivity index (χ2n) is 3.53. The van der Waals surface area contributed by atoms with Gasteiger partial charge in [0.05, 0.1) is 11.0 Å². The van der Waals surface area contributed by atoms with Gasteiger partial charge < -0.3 is 9.47 Å². The first-order valence-electron chi connectivity index (χ1n) is 6.69. The van der Waals surface area contributed by atoms with Gasteiger partial charge in [0.2, 0.25) is 0 Å². The number of hydrogen-bond donors (Lipinski definition) is 0. The predicted octanol–water partition coefficient (Wildman–Crippen LogP) is 4.20. The summed E-state index contributed by atoms with van der Waals surface area (Å²) >= 11 is 0. The van der Waals surface area contributed by atoms with Crippen LogP contribution in [-0.4, -0.2) is 17.1 Å². The van der Waals surface area contributed by atoms with Crippen molar-refractivity contribution in [2.75, 3.05) is 0 Å². The molecule has 19 heavy (non-hydrogen) atoms. The van der Waals surface area contributed by atoms with Gasteiger partial charge in [-0.15, -0.1) is 0 Å². The van der Waals surface area contributed by atoms with Crippen molar-refractivity contribution in [3.05, 3.63) is 28.3 Å². The molecule has 0 amide bonds. The van der Waals surface area contributed by atoms with Gasteiger partial charge in [0.15, 0.2) is 11.5 Å². The molecule has 2 unspecified atom stereocenters. The third-order valence-corrected chi connectivity index (χ3v) is 2.42. The van der Waals surface area contributed by atoms with E-state index in [1.54, 1.807) is 6.07 Å². The number of nitrogens with zero attached hydrogens (tertiary/aromatic N) is 1. The van der Waals surface area contributed by atoms with Crippen LogP contribution in [0.15, 0.2) is 18.2 Å². The fraction of sp³-hybridized carbons (Fsp3) is 0.571. The molecule has 0 spiro atoms. The highest BCUT2D eigenvalue weighted by Crippen LogP contribution is 2.36. The van der Waals surface area contributed by atoms with Crippen molar-refractivity contribution in [2.24, 2.45) is 0 Å². The molecule has 0 saturated heterocycles. The average Bonchev–Trinajstić information content (AvgIpc) is 2.44. The molecule has 0 bridgehead atoms. The highest BCUT2D eigenvalue weighted by molar-refractivity contribution is 5.49. The van der Waals surface area contributed by atoms with Gasteiger partial charge in [-0.05, 0) is 19.9 Å². The number of nitro benzene ring substituents is 1. The quantitative estimate of drug-likeness (QED) is 0.566. The molecule has 1 aromatic rings. The van der Waals surface area contributed by atoms with E-state index in [9.17, 15) is 10.1 Å². The number of benzene rings is 1. The highest BCUT2D eigenvalue weighted by atomic mass is 16.6. The Labute approximate surface area is 114 Å². The van der Waals surface area contributed by atoms with E-state index in [-0.39, 0.29) is 17.9 Å². The number of non-ortho nitro benzene ring substituents is 1. The summed E-state index contributed by atoms with van der Waals surface area (Å²) in [5.41, 5.74) is 0.0131. The Kier molecular flexibility index (Phi) is 7.56. The van der Waals surface area contributed by atoms with E-state index in [2.05, 4.69) is 0 Å². The van der Waals surface area contributed by atoms with Gasteiger partial charge in [0.25, 0.3) is 5.69 Å². The van der Waals surface area contributed by atoms with Crippen LogP contribution < -0.4 is 9.47 Å². The first-order valence-corrected chi connectivity index (χ1v) is 6.69. The molecular formula is C14H23NO4. The molecular weight excluding hydrogens is 246 g/mol. The molecule has 1 aromatic carbocycles. The molecule has 5 nitrogen and oxygen atoms in total. The first-order chi connectivity index (χ1) is 9.08. The zero-order valence-corrected chi connectivity index (χ0v) is 12.5. The normalized spacial score (nSPS) is 19.3. The first kappa shape index (κ1) is 17.2. The Morgan fingerprint density at radius 2 is 1.47 bits per heavy atom. The summed E-state index contributed by atoms with van der Waals surface area (Å²) < 4.78 is 11.0. The monoisotopic (exact) mass is 269 g/mol. The van der Waals surface area contributed by atoms with Gasteiger partial charge in [0.1, 0.15) is 12.2 Å². The van der Waals surface area contributed by atoms with E-state index in [1.165, 1.54) is 12.1 Å². The zero-order chi connectivity index (χ0) is 15.0. The van der Waals surface area contributed by atoms with Crippen LogP contribution in [0.25, 0.3) is 0 Å². The molecule has 0 radical (unpaired) electrons. The number of rotatable bonds is 1. The maximum atomic E-state index is 10.5. The molecule has 0 N–H and O–H groups in total. The van der Waals surface area contributed by atoms with Crippen molar-refractivity contribution >= 4 is 5.69 Å². The smallest absolute Gasteiger partial charge is 0.273 e. The topological polar surface area (TPSA) is 61.6 Å². The molecule has 0 saturated carbocycles. The van der Waals surface area contributed by atoms with Crippen molar-refractivity contribution in [2.45, 2.75) is 53.8 Å². The van der Waals surface area contributed by atoms with Crippen molar-refractivity contribution in [1.82, 2.24) is 0 Å². The van der Waals surface area contributed by atoms with Crippen molar-refractivity contribution in [3.8, 4) is 11.5 Å². The summed E-state index contributed by atoms with van der Waals surface area (Å²) in [6.07, 6.45) is -0.140. The van der Waals surface area contributed by atoms with Crippen molar-refractivity contribution in [1.29, 1.82) is 0 Å². The van der Waals surface area contributed by atoms with Crippen LogP contribution >= 0.6 is 0 Å². The maximum Gasteiger partial charge on any atom is 0.273 e. The second kappa shape index (κ2) is 8.34. The fourth-order valence-electron chi connectivity index (χ4n) is 1.39. The number of nitro groups is 1. The van der Waals surface area contributed by atoms with Gasteiger partial charge in [-0.25, -0.2) is 0 Å². The van der Waals surface area contributed by atoms with Crippen LogP contribution in [0.4, 0.5) is 5.69 Å². The van der Waals surface area contributed by atoms with Gasteiger partial charge >= 0.3 is 0 Å². The molecule has 0 aliphatic carbocycles. The van der Waals surface area contributed by atoms with Crippen LogP contribution in [0.3, 0.4) is 0 Å². The van der Waals surface area contributed by atoms with E-state index >= 15 is 0 Å². The standard InChI is InChI=1S/C10H11NO4.2C2H6/c1-6-7(2)15-10-5-8(11(12)13)3-4-9(10)14-6;2*1-2/h3-7H,1-2H3;2*1-2H3. The molecule has 1 aliphatic heterocycles. The molecule has 1 aliphatic rings. The summed E-state index contributed by atoms with van der Waals surface area (Å²) in [4.78, 5) is 10.1.